The molecule has 0 heterocycles. The molecule has 2 aromatic rings. The number of carbonyl (C=O) groups excluding carboxylic acids is 1. The molecule has 1 amide bonds. The van der Waals surface area contributed by atoms with E-state index in [1.165, 1.54) is 22.3 Å². The van der Waals surface area contributed by atoms with Gasteiger partial charge in [-0.2, -0.15) is 0 Å². The van der Waals surface area contributed by atoms with Gasteiger partial charge in [-0.3, -0.25) is 0 Å². The number of hydrogen-bond donors (Lipinski definition) is 1. The van der Waals surface area contributed by atoms with Gasteiger partial charge in [0.15, 0.2) is 0 Å². The second-order valence-corrected chi connectivity index (χ2v) is 8.62. The van der Waals surface area contributed by atoms with Crippen LogP contribution in [0.2, 0.25) is 0 Å². The second kappa shape index (κ2) is 16.3. The van der Waals surface area contributed by atoms with Gasteiger partial charge in [0.25, 0.3) is 0 Å². The quantitative estimate of drug-likeness (QED) is 0.309. The fraction of sp³-hybridized carbons (Fsp3) is 0.536. The molecule has 0 spiro atoms. The molecular weight excluding hydrogens is 462 g/mol. The van der Waals surface area contributed by atoms with Crippen molar-refractivity contribution in [2.75, 3.05) is 72.6 Å². The molecule has 3 rings (SSSR count). The molecular formula is C28H39NO7. The molecule has 1 aliphatic carbocycles. The number of alkyl carbamates (subject to hydrolysis) is 1. The molecule has 0 saturated heterocycles. The van der Waals surface area contributed by atoms with E-state index in [-0.39, 0.29) is 12.0 Å². The van der Waals surface area contributed by atoms with Crippen LogP contribution in [0.1, 0.15) is 30.9 Å². The Morgan fingerprint density at radius 2 is 1.19 bits per heavy atom. The van der Waals surface area contributed by atoms with Gasteiger partial charge in [0.1, 0.15) is 6.61 Å². The minimum Gasteiger partial charge on any atom is -0.449 e. The van der Waals surface area contributed by atoms with Gasteiger partial charge in [-0.15, -0.1) is 0 Å². The van der Waals surface area contributed by atoms with E-state index in [1.807, 2.05) is 38.1 Å². The predicted octanol–water partition coefficient (Wildman–Crippen LogP) is 4.02. The standard InChI is InChI=1S/C28H39NO7/c1-22(2)35-20-19-34-18-17-33-16-15-32-14-13-31-12-11-29-28(30)36-21-27-25-9-5-3-7-23(25)24-8-4-6-10-26(24)27/h3-10,22,27H,11-21H2,1-2H3,(H,29,30). The first-order valence-electron chi connectivity index (χ1n) is 12.7. The van der Waals surface area contributed by atoms with Gasteiger partial charge in [0.05, 0.1) is 65.6 Å². The van der Waals surface area contributed by atoms with Gasteiger partial charge in [0, 0.05) is 12.5 Å². The number of rotatable bonds is 18. The van der Waals surface area contributed by atoms with E-state index in [0.29, 0.717) is 72.6 Å². The number of ether oxygens (including phenoxy) is 6. The Morgan fingerprint density at radius 1 is 0.722 bits per heavy atom. The van der Waals surface area contributed by atoms with E-state index in [4.69, 9.17) is 28.4 Å². The lowest BCUT2D eigenvalue weighted by molar-refractivity contribution is -0.0174. The van der Waals surface area contributed by atoms with Crippen LogP contribution < -0.4 is 5.32 Å². The lowest BCUT2D eigenvalue weighted by Gasteiger charge is -2.14. The highest BCUT2D eigenvalue weighted by Crippen LogP contribution is 2.44. The summed E-state index contributed by atoms with van der Waals surface area (Å²) >= 11 is 0. The number of nitrogens with one attached hydrogen (secondary N) is 1. The first-order chi connectivity index (χ1) is 17.7. The molecule has 0 bridgehead atoms. The van der Waals surface area contributed by atoms with Crippen LogP contribution in [0.4, 0.5) is 4.79 Å². The zero-order chi connectivity index (χ0) is 25.4. The summed E-state index contributed by atoms with van der Waals surface area (Å²) in [6.45, 7) is 9.24. The van der Waals surface area contributed by atoms with Crippen LogP contribution in [0.5, 0.6) is 0 Å². The molecule has 8 heteroatoms. The monoisotopic (exact) mass is 501 g/mol. The summed E-state index contributed by atoms with van der Waals surface area (Å²) in [7, 11) is 0. The Kier molecular flexibility index (Phi) is 12.7. The SMILES string of the molecule is CC(C)OCCOCCOCCOCCOCCNC(=O)OCC1c2ccccc2-c2ccccc21. The normalized spacial score (nSPS) is 12.5. The first kappa shape index (κ1) is 28.1. The van der Waals surface area contributed by atoms with E-state index >= 15 is 0 Å². The smallest absolute Gasteiger partial charge is 0.407 e. The van der Waals surface area contributed by atoms with Crippen molar-refractivity contribution in [2.45, 2.75) is 25.9 Å². The highest BCUT2D eigenvalue weighted by Gasteiger charge is 2.28. The summed E-state index contributed by atoms with van der Waals surface area (Å²) in [4.78, 5) is 12.1. The largest absolute Gasteiger partial charge is 0.449 e. The zero-order valence-corrected chi connectivity index (χ0v) is 21.4. The Morgan fingerprint density at radius 3 is 1.72 bits per heavy atom. The topological polar surface area (TPSA) is 84.5 Å². The summed E-state index contributed by atoms with van der Waals surface area (Å²) in [5, 5.41) is 2.74. The number of fused-ring (bicyclic) bond motifs is 3. The maximum Gasteiger partial charge on any atom is 0.407 e. The maximum atomic E-state index is 12.1. The molecule has 36 heavy (non-hydrogen) atoms. The fourth-order valence-electron chi connectivity index (χ4n) is 3.98. The van der Waals surface area contributed by atoms with Crippen molar-refractivity contribution < 1.29 is 33.2 Å². The third kappa shape index (κ3) is 9.52. The lowest BCUT2D eigenvalue weighted by Crippen LogP contribution is -2.29. The number of benzene rings is 2. The van der Waals surface area contributed by atoms with Crippen LogP contribution >= 0.6 is 0 Å². The number of amides is 1. The summed E-state index contributed by atoms with van der Waals surface area (Å²) in [5.41, 5.74) is 4.81. The summed E-state index contributed by atoms with van der Waals surface area (Å²) < 4.78 is 32.7. The van der Waals surface area contributed by atoms with Crippen molar-refractivity contribution in [1.29, 1.82) is 0 Å². The molecule has 0 aromatic heterocycles. The molecule has 0 atom stereocenters. The van der Waals surface area contributed by atoms with E-state index in [0.717, 1.165) is 0 Å². The van der Waals surface area contributed by atoms with Crippen LogP contribution in [-0.2, 0) is 28.4 Å². The van der Waals surface area contributed by atoms with Crippen molar-refractivity contribution in [3.05, 3.63) is 59.7 Å². The Balaban J connectivity index is 1.14. The van der Waals surface area contributed by atoms with Crippen LogP contribution in [0.3, 0.4) is 0 Å². The number of hydrogen-bond acceptors (Lipinski definition) is 7. The molecule has 8 nitrogen and oxygen atoms in total. The molecule has 1 N–H and O–H groups in total. The molecule has 0 radical (unpaired) electrons. The lowest BCUT2D eigenvalue weighted by atomic mass is 9.98. The molecule has 1 aliphatic rings. The van der Waals surface area contributed by atoms with Crippen molar-refractivity contribution in [3.63, 3.8) is 0 Å². The Labute approximate surface area is 214 Å². The van der Waals surface area contributed by atoms with E-state index in [1.54, 1.807) is 0 Å². The van der Waals surface area contributed by atoms with Crippen molar-refractivity contribution in [2.24, 2.45) is 0 Å². The highest BCUT2D eigenvalue weighted by atomic mass is 16.6. The first-order valence-corrected chi connectivity index (χ1v) is 12.7. The molecule has 198 valence electrons. The summed E-state index contributed by atoms with van der Waals surface area (Å²) in [5.74, 6) is 0.0531. The van der Waals surface area contributed by atoms with Gasteiger partial charge < -0.3 is 33.7 Å². The molecule has 0 aliphatic heterocycles. The minimum atomic E-state index is -0.440. The molecule has 2 aromatic carbocycles. The molecule has 0 saturated carbocycles. The maximum absolute atomic E-state index is 12.1. The Hall–Kier alpha value is -2.49. The zero-order valence-electron chi connectivity index (χ0n) is 21.4. The number of carbonyl (C=O) groups is 1. The van der Waals surface area contributed by atoms with Crippen molar-refractivity contribution in [3.8, 4) is 11.1 Å². The minimum absolute atomic E-state index is 0.0531. The molecule has 0 fully saturated rings. The third-order valence-electron chi connectivity index (χ3n) is 5.65. The average Bonchev–Trinajstić information content (AvgIpc) is 3.20. The van der Waals surface area contributed by atoms with Gasteiger partial charge in [-0.1, -0.05) is 48.5 Å². The Bertz CT molecular complexity index is 859. The van der Waals surface area contributed by atoms with E-state index in [2.05, 4.69) is 29.6 Å². The van der Waals surface area contributed by atoms with Gasteiger partial charge >= 0.3 is 6.09 Å². The molecule has 0 unspecified atom stereocenters. The van der Waals surface area contributed by atoms with Crippen LogP contribution in [0.15, 0.2) is 48.5 Å². The summed E-state index contributed by atoms with van der Waals surface area (Å²) in [6, 6.07) is 16.5. The van der Waals surface area contributed by atoms with E-state index in [9.17, 15) is 4.79 Å². The van der Waals surface area contributed by atoms with Crippen LogP contribution in [0.25, 0.3) is 11.1 Å². The third-order valence-corrected chi connectivity index (χ3v) is 5.65. The average molecular weight is 502 g/mol. The van der Waals surface area contributed by atoms with Crippen LogP contribution in [-0.4, -0.2) is 84.8 Å². The second-order valence-electron chi connectivity index (χ2n) is 8.62. The highest BCUT2D eigenvalue weighted by molar-refractivity contribution is 5.79. The van der Waals surface area contributed by atoms with E-state index < -0.39 is 6.09 Å². The van der Waals surface area contributed by atoms with Crippen molar-refractivity contribution >= 4 is 6.09 Å². The fourth-order valence-corrected chi connectivity index (χ4v) is 3.98. The van der Waals surface area contributed by atoms with Gasteiger partial charge in [-0.25, -0.2) is 4.79 Å². The van der Waals surface area contributed by atoms with Crippen molar-refractivity contribution in [1.82, 2.24) is 5.32 Å². The van der Waals surface area contributed by atoms with Gasteiger partial charge in [0.2, 0.25) is 0 Å². The predicted molar refractivity (Wildman–Crippen MR) is 137 cm³/mol. The summed E-state index contributed by atoms with van der Waals surface area (Å²) in [6.07, 6.45) is -0.214. The van der Waals surface area contributed by atoms with Gasteiger partial charge in [-0.05, 0) is 36.1 Å². The van der Waals surface area contributed by atoms with Crippen LogP contribution in [0, 0.1) is 0 Å².